The summed E-state index contributed by atoms with van der Waals surface area (Å²) in [6.45, 7) is 4.25. The lowest BCUT2D eigenvalue weighted by molar-refractivity contribution is 0.0936. The first-order valence-corrected chi connectivity index (χ1v) is 7.97. The van der Waals surface area contributed by atoms with Gasteiger partial charge in [-0.3, -0.25) is 9.59 Å². The number of aromatic nitrogens is 1. The average Bonchev–Trinajstić information content (AvgIpc) is 3.07. The van der Waals surface area contributed by atoms with Crippen LogP contribution in [-0.2, 0) is 6.54 Å². The van der Waals surface area contributed by atoms with Crippen molar-refractivity contribution in [2.45, 2.75) is 26.4 Å². The van der Waals surface area contributed by atoms with Crippen LogP contribution in [0.2, 0.25) is 0 Å². The van der Waals surface area contributed by atoms with Gasteiger partial charge in [0, 0.05) is 12.6 Å². The van der Waals surface area contributed by atoms with E-state index in [0.29, 0.717) is 18.0 Å². The van der Waals surface area contributed by atoms with E-state index in [0.717, 1.165) is 5.56 Å². The fourth-order valence-electron chi connectivity index (χ4n) is 2.35. The Morgan fingerprint density at radius 1 is 1.08 bits per heavy atom. The van der Waals surface area contributed by atoms with Gasteiger partial charge in [0.25, 0.3) is 11.8 Å². The monoisotopic (exact) mass is 341 g/mol. The maximum atomic E-state index is 12.3. The molecule has 130 valence electrons. The lowest BCUT2D eigenvalue weighted by atomic mass is 10.2. The lowest BCUT2D eigenvalue weighted by Crippen LogP contribution is -2.31. The van der Waals surface area contributed by atoms with Crippen molar-refractivity contribution in [1.29, 1.82) is 0 Å². The largest absolute Gasteiger partial charge is 0.454 e. The molecule has 0 bridgehead atoms. The minimum atomic E-state index is -0.350. The van der Waals surface area contributed by atoms with Crippen molar-refractivity contribution in [2.75, 3.05) is 6.79 Å². The van der Waals surface area contributed by atoms with E-state index in [1.54, 1.807) is 24.3 Å². The number of ether oxygens (including phenoxy) is 2. The Hall–Kier alpha value is -3.09. The molecule has 25 heavy (non-hydrogen) atoms. The number of hydrogen-bond acceptors (Lipinski definition) is 5. The van der Waals surface area contributed by atoms with Crippen LogP contribution < -0.4 is 20.1 Å². The summed E-state index contributed by atoms with van der Waals surface area (Å²) in [6, 6.07) is 10.3. The van der Waals surface area contributed by atoms with E-state index in [-0.39, 0.29) is 36.0 Å². The van der Waals surface area contributed by atoms with E-state index in [9.17, 15) is 9.59 Å². The minimum Gasteiger partial charge on any atom is -0.454 e. The van der Waals surface area contributed by atoms with Crippen molar-refractivity contribution >= 4 is 11.8 Å². The van der Waals surface area contributed by atoms with Crippen LogP contribution in [-0.4, -0.2) is 29.6 Å². The Labute approximate surface area is 145 Å². The third-order valence-corrected chi connectivity index (χ3v) is 3.52. The van der Waals surface area contributed by atoms with Crippen LogP contribution in [0.25, 0.3) is 0 Å². The Morgan fingerprint density at radius 3 is 2.56 bits per heavy atom. The van der Waals surface area contributed by atoms with Crippen LogP contribution in [0, 0.1) is 0 Å². The van der Waals surface area contributed by atoms with Gasteiger partial charge in [0.15, 0.2) is 11.5 Å². The molecule has 0 saturated heterocycles. The molecule has 0 fully saturated rings. The van der Waals surface area contributed by atoms with Gasteiger partial charge >= 0.3 is 0 Å². The van der Waals surface area contributed by atoms with Crippen LogP contribution in [0.3, 0.4) is 0 Å². The van der Waals surface area contributed by atoms with E-state index in [4.69, 9.17) is 9.47 Å². The molecule has 1 aliphatic heterocycles. The molecular formula is C18H19N3O4. The molecule has 2 aromatic rings. The number of fused-ring (bicyclic) bond motifs is 1. The van der Waals surface area contributed by atoms with Crippen LogP contribution in [0.1, 0.15) is 40.4 Å². The zero-order valence-corrected chi connectivity index (χ0v) is 14.0. The number of nitrogens with one attached hydrogen (secondary N) is 2. The molecule has 1 aromatic carbocycles. The van der Waals surface area contributed by atoms with Gasteiger partial charge < -0.3 is 20.1 Å². The molecule has 0 saturated carbocycles. The summed E-state index contributed by atoms with van der Waals surface area (Å²) in [5.41, 5.74) is 1.29. The van der Waals surface area contributed by atoms with Crippen molar-refractivity contribution in [3.63, 3.8) is 0 Å². The zero-order valence-electron chi connectivity index (χ0n) is 14.0. The second-order valence-electron chi connectivity index (χ2n) is 5.91. The number of benzene rings is 1. The van der Waals surface area contributed by atoms with E-state index in [2.05, 4.69) is 15.6 Å². The van der Waals surface area contributed by atoms with Gasteiger partial charge in [0.1, 0.15) is 11.4 Å². The molecule has 0 spiro atoms. The topological polar surface area (TPSA) is 89.6 Å². The number of nitrogens with zero attached hydrogens (tertiary/aromatic N) is 1. The Kier molecular flexibility index (Phi) is 4.83. The van der Waals surface area contributed by atoms with Crippen molar-refractivity contribution in [1.82, 2.24) is 15.6 Å². The highest BCUT2D eigenvalue weighted by atomic mass is 16.7. The van der Waals surface area contributed by atoms with Crippen LogP contribution in [0.15, 0.2) is 36.4 Å². The van der Waals surface area contributed by atoms with Gasteiger partial charge in [-0.15, -0.1) is 0 Å². The first-order chi connectivity index (χ1) is 12.0. The number of carbonyl (C=O) groups excluding carboxylic acids is 2. The van der Waals surface area contributed by atoms with Gasteiger partial charge in [-0.2, -0.15) is 0 Å². The second kappa shape index (κ2) is 7.21. The van der Waals surface area contributed by atoms with E-state index in [1.165, 1.54) is 0 Å². The summed E-state index contributed by atoms with van der Waals surface area (Å²) in [5.74, 6) is 0.704. The fourth-order valence-corrected chi connectivity index (χ4v) is 2.35. The highest BCUT2D eigenvalue weighted by molar-refractivity contribution is 5.96. The van der Waals surface area contributed by atoms with Crippen LogP contribution in [0.4, 0.5) is 0 Å². The van der Waals surface area contributed by atoms with Gasteiger partial charge in [0.05, 0.1) is 0 Å². The number of pyridine rings is 1. The van der Waals surface area contributed by atoms with Crippen molar-refractivity contribution in [2.24, 2.45) is 0 Å². The molecule has 0 unspecified atom stereocenters. The normalized spacial score (nSPS) is 12.1. The third-order valence-electron chi connectivity index (χ3n) is 3.52. The molecule has 1 aliphatic rings. The Bertz CT molecular complexity index is 805. The minimum absolute atomic E-state index is 0.00205. The number of rotatable bonds is 5. The summed E-state index contributed by atoms with van der Waals surface area (Å²) in [6.07, 6.45) is 0. The van der Waals surface area contributed by atoms with Crippen molar-refractivity contribution in [3.8, 4) is 11.5 Å². The molecule has 0 atom stereocenters. The van der Waals surface area contributed by atoms with Gasteiger partial charge in [-0.25, -0.2) is 4.98 Å². The predicted octanol–water partition coefficient (Wildman–Crippen LogP) is 1.88. The summed E-state index contributed by atoms with van der Waals surface area (Å²) in [5, 5.41) is 5.53. The molecule has 7 heteroatoms. The molecule has 1 aromatic heterocycles. The standard InChI is InChI=1S/C18H19N3O4/c1-11(2)20-18(23)14-5-3-4-13(21-14)17(22)19-9-12-6-7-15-16(8-12)25-10-24-15/h3-8,11H,9-10H2,1-2H3,(H,19,22)(H,20,23). The van der Waals surface area contributed by atoms with Gasteiger partial charge in [-0.05, 0) is 43.7 Å². The lowest BCUT2D eigenvalue weighted by Gasteiger charge is -2.09. The predicted molar refractivity (Wildman–Crippen MR) is 90.6 cm³/mol. The van der Waals surface area contributed by atoms with Crippen molar-refractivity contribution < 1.29 is 19.1 Å². The molecular weight excluding hydrogens is 322 g/mol. The Balaban J connectivity index is 1.64. The fraction of sp³-hybridized carbons (Fsp3) is 0.278. The highest BCUT2D eigenvalue weighted by Crippen LogP contribution is 2.32. The molecule has 2 N–H and O–H groups in total. The summed E-state index contributed by atoms with van der Waals surface area (Å²) in [4.78, 5) is 28.4. The zero-order chi connectivity index (χ0) is 17.8. The second-order valence-corrected chi connectivity index (χ2v) is 5.91. The first kappa shape index (κ1) is 16.8. The maximum absolute atomic E-state index is 12.3. The molecule has 0 radical (unpaired) electrons. The molecule has 0 aliphatic carbocycles. The first-order valence-electron chi connectivity index (χ1n) is 7.97. The molecule has 7 nitrogen and oxygen atoms in total. The highest BCUT2D eigenvalue weighted by Gasteiger charge is 2.15. The summed E-state index contributed by atoms with van der Waals surface area (Å²) >= 11 is 0. The third kappa shape index (κ3) is 4.06. The van der Waals surface area contributed by atoms with Gasteiger partial charge in [-0.1, -0.05) is 12.1 Å². The number of hydrogen-bond donors (Lipinski definition) is 2. The van der Waals surface area contributed by atoms with Gasteiger partial charge in [0.2, 0.25) is 6.79 Å². The van der Waals surface area contributed by atoms with E-state index < -0.39 is 0 Å². The molecule has 2 heterocycles. The maximum Gasteiger partial charge on any atom is 0.270 e. The quantitative estimate of drug-likeness (QED) is 0.867. The summed E-state index contributed by atoms with van der Waals surface area (Å²) in [7, 11) is 0. The smallest absolute Gasteiger partial charge is 0.270 e. The van der Waals surface area contributed by atoms with Crippen LogP contribution >= 0.6 is 0 Å². The van der Waals surface area contributed by atoms with E-state index in [1.807, 2.05) is 26.0 Å². The Morgan fingerprint density at radius 2 is 1.80 bits per heavy atom. The van der Waals surface area contributed by atoms with Crippen LogP contribution in [0.5, 0.6) is 11.5 Å². The van der Waals surface area contributed by atoms with E-state index >= 15 is 0 Å². The number of carbonyl (C=O) groups is 2. The molecule has 3 rings (SSSR count). The molecule has 2 amide bonds. The SMILES string of the molecule is CC(C)NC(=O)c1cccc(C(=O)NCc2ccc3c(c2)OCO3)n1. The average molecular weight is 341 g/mol. The van der Waals surface area contributed by atoms with Crippen molar-refractivity contribution in [3.05, 3.63) is 53.3 Å². The number of amides is 2. The summed E-state index contributed by atoms with van der Waals surface area (Å²) < 4.78 is 10.6.